The van der Waals surface area contributed by atoms with Crippen molar-refractivity contribution in [3.63, 3.8) is 0 Å². The maximum Gasteiger partial charge on any atom is 0.325 e. The Bertz CT molecular complexity index is 570. The summed E-state index contributed by atoms with van der Waals surface area (Å²) in [6.07, 6.45) is 2.61. The molecule has 1 atom stereocenters. The minimum atomic E-state index is -0.884. The van der Waals surface area contributed by atoms with Gasteiger partial charge in [0.25, 0.3) is 0 Å². The van der Waals surface area contributed by atoms with Gasteiger partial charge in [-0.15, -0.1) is 0 Å². The number of carbonyl (C=O) groups is 1. The quantitative estimate of drug-likeness (QED) is 0.847. The first-order valence-electron chi connectivity index (χ1n) is 6.66. The van der Waals surface area contributed by atoms with E-state index in [0.29, 0.717) is 6.54 Å². The Morgan fingerprint density at radius 1 is 1.25 bits per heavy atom. The lowest BCUT2D eigenvalue weighted by Gasteiger charge is -2.15. The van der Waals surface area contributed by atoms with Gasteiger partial charge in [-0.1, -0.05) is 43.3 Å². The average molecular weight is 270 g/mol. The number of nitrogens with one attached hydrogen (secondary N) is 1. The maximum absolute atomic E-state index is 11.4. The molecule has 0 amide bonds. The SMILES string of the molecule is CCc1cccnc1CNC(C(=O)O)c1ccccc1. The first-order valence-corrected chi connectivity index (χ1v) is 6.66. The van der Waals surface area contributed by atoms with Gasteiger partial charge >= 0.3 is 5.97 Å². The van der Waals surface area contributed by atoms with Gasteiger partial charge < -0.3 is 5.11 Å². The van der Waals surface area contributed by atoms with Crippen molar-refractivity contribution in [3.05, 3.63) is 65.5 Å². The van der Waals surface area contributed by atoms with Crippen molar-refractivity contribution >= 4 is 5.97 Å². The Balaban J connectivity index is 2.12. The highest BCUT2D eigenvalue weighted by Crippen LogP contribution is 2.14. The molecule has 0 aliphatic heterocycles. The first-order chi connectivity index (χ1) is 9.72. The summed E-state index contributed by atoms with van der Waals surface area (Å²) in [5, 5.41) is 12.4. The average Bonchev–Trinajstić information content (AvgIpc) is 2.48. The molecule has 0 saturated heterocycles. The minimum absolute atomic E-state index is 0.440. The van der Waals surface area contributed by atoms with E-state index in [1.807, 2.05) is 42.5 Å². The van der Waals surface area contributed by atoms with E-state index >= 15 is 0 Å². The van der Waals surface area contributed by atoms with E-state index in [9.17, 15) is 9.90 Å². The highest BCUT2D eigenvalue weighted by Gasteiger charge is 2.19. The van der Waals surface area contributed by atoms with Crippen molar-refractivity contribution in [2.24, 2.45) is 0 Å². The van der Waals surface area contributed by atoms with Gasteiger partial charge in [-0.3, -0.25) is 15.1 Å². The molecule has 4 heteroatoms. The molecule has 0 spiro atoms. The van der Waals surface area contributed by atoms with Crippen molar-refractivity contribution in [2.45, 2.75) is 25.9 Å². The number of benzene rings is 1. The standard InChI is InChI=1S/C16H18N2O2/c1-2-12-9-6-10-17-14(12)11-18-15(16(19)20)13-7-4-3-5-8-13/h3-10,15,18H,2,11H2,1H3,(H,19,20). The fourth-order valence-corrected chi connectivity index (χ4v) is 2.14. The van der Waals surface area contributed by atoms with Crippen molar-refractivity contribution in [3.8, 4) is 0 Å². The summed E-state index contributed by atoms with van der Waals surface area (Å²) in [4.78, 5) is 15.7. The Morgan fingerprint density at radius 3 is 2.65 bits per heavy atom. The Labute approximate surface area is 118 Å². The molecule has 1 aromatic carbocycles. The number of aliphatic carboxylic acids is 1. The van der Waals surface area contributed by atoms with Gasteiger partial charge in [0.1, 0.15) is 6.04 Å². The number of nitrogens with zero attached hydrogens (tertiary/aromatic N) is 1. The predicted molar refractivity (Wildman–Crippen MR) is 77.3 cm³/mol. The molecule has 0 aliphatic carbocycles. The Hall–Kier alpha value is -2.20. The van der Waals surface area contributed by atoms with E-state index in [1.54, 1.807) is 6.20 Å². The van der Waals surface area contributed by atoms with Crippen molar-refractivity contribution in [2.75, 3.05) is 0 Å². The van der Waals surface area contributed by atoms with Crippen LogP contribution in [0.3, 0.4) is 0 Å². The van der Waals surface area contributed by atoms with Gasteiger partial charge in [-0.2, -0.15) is 0 Å². The van der Waals surface area contributed by atoms with Gasteiger partial charge in [0.2, 0.25) is 0 Å². The van der Waals surface area contributed by atoms with Crippen LogP contribution in [-0.4, -0.2) is 16.1 Å². The van der Waals surface area contributed by atoms with Crippen LogP contribution in [0.4, 0.5) is 0 Å². The number of aromatic nitrogens is 1. The highest BCUT2D eigenvalue weighted by molar-refractivity contribution is 5.75. The van der Waals surface area contributed by atoms with Gasteiger partial charge in [0.15, 0.2) is 0 Å². The molecule has 0 fully saturated rings. The molecular formula is C16H18N2O2. The van der Waals surface area contributed by atoms with E-state index in [4.69, 9.17) is 0 Å². The lowest BCUT2D eigenvalue weighted by molar-refractivity contribution is -0.139. The van der Waals surface area contributed by atoms with Crippen LogP contribution < -0.4 is 5.32 Å². The van der Waals surface area contributed by atoms with Crippen LogP contribution in [0.5, 0.6) is 0 Å². The fraction of sp³-hybridized carbons (Fsp3) is 0.250. The second-order valence-corrected chi connectivity index (χ2v) is 4.53. The third-order valence-corrected chi connectivity index (χ3v) is 3.22. The van der Waals surface area contributed by atoms with Gasteiger partial charge in [0.05, 0.1) is 5.69 Å². The van der Waals surface area contributed by atoms with Gasteiger partial charge in [0, 0.05) is 12.7 Å². The number of pyridine rings is 1. The number of aryl methyl sites for hydroxylation is 1. The van der Waals surface area contributed by atoms with Crippen LogP contribution in [0, 0.1) is 0 Å². The summed E-state index contributed by atoms with van der Waals surface area (Å²) in [5.41, 5.74) is 2.78. The number of rotatable bonds is 6. The number of hydrogen-bond acceptors (Lipinski definition) is 3. The summed E-state index contributed by atoms with van der Waals surface area (Å²) in [5.74, 6) is -0.884. The van der Waals surface area contributed by atoms with Crippen molar-refractivity contribution < 1.29 is 9.90 Å². The topological polar surface area (TPSA) is 62.2 Å². The number of carboxylic acid groups (broad SMARTS) is 1. The monoisotopic (exact) mass is 270 g/mol. The van der Waals surface area contributed by atoms with Crippen LogP contribution in [0.15, 0.2) is 48.7 Å². The Morgan fingerprint density at radius 2 is 2.00 bits per heavy atom. The molecule has 1 unspecified atom stereocenters. The second-order valence-electron chi connectivity index (χ2n) is 4.53. The number of carboxylic acids is 1. The van der Waals surface area contributed by atoms with Gasteiger partial charge in [-0.05, 0) is 23.6 Å². The van der Waals surface area contributed by atoms with Gasteiger partial charge in [-0.25, -0.2) is 0 Å². The molecule has 0 aliphatic rings. The summed E-state index contributed by atoms with van der Waals surface area (Å²) in [6.45, 7) is 2.50. The van der Waals surface area contributed by atoms with E-state index < -0.39 is 12.0 Å². The normalized spacial score (nSPS) is 12.1. The zero-order valence-corrected chi connectivity index (χ0v) is 11.4. The zero-order valence-electron chi connectivity index (χ0n) is 11.4. The fourth-order valence-electron chi connectivity index (χ4n) is 2.14. The molecular weight excluding hydrogens is 252 g/mol. The van der Waals surface area contributed by atoms with Crippen molar-refractivity contribution in [1.29, 1.82) is 0 Å². The lowest BCUT2D eigenvalue weighted by Crippen LogP contribution is -2.28. The molecule has 0 radical (unpaired) electrons. The van der Waals surface area contributed by atoms with E-state index in [2.05, 4.69) is 17.2 Å². The van der Waals surface area contributed by atoms with Crippen LogP contribution in [-0.2, 0) is 17.8 Å². The van der Waals surface area contributed by atoms with Crippen LogP contribution in [0.25, 0.3) is 0 Å². The molecule has 104 valence electrons. The second kappa shape index (κ2) is 6.82. The molecule has 0 saturated carbocycles. The molecule has 1 aromatic heterocycles. The summed E-state index contributed by atoms with van der Waals surface area (Å²) in [6, 6.07) is 12.4. The maximum atomic E-state index is 11.4. The smallest absolute Gasteiger partial charge is 0.325 e. The molecule has 4 nitrogen and oxygen atoms in total. The third-order valence-electron chi connectivity index (χ3n) is 3.22. The number of hydrogen-bond donors (Lipinski definition) is 2. The molecule has 1 heterocycles. The van der Waals surface area contributed by atoms with Crippen molar-refractivity contribution in [1.82, 2.24) is 10.3 Å². The minimum Gasteiger partial charge on any atom is -0.480 e. The van der Waals surface area contributed by atoms with Crippen LogP contribution in [0.1, 0.15) is 29.8 Å². The van der Waals surface area contributed by atoms with Crippen LogP contribution in [0.2, 0.25) is 0 Å². The molecule has 2 aromatic rings. The van der Waals surface area contributed by atoms with E-state index in [0.717, 1.165) is 23.2 Å². The molecule has 2 N–H and O–H groups in total. The molecule has 20 heavy (non-hydrogen) atoms. The summed E-state index contributed by atoms with van der Waals surface area (Å²) < 4.78 is 0. The highest BCUT2D eigenvalue weighted by atomic mass is 16.4. The molecule has 0 bridgehead atoms. The largest absolute Gasteiger partial charge is 0.480 e. The van der Waals surface area contributed by atoms with Crippen LogP contribution >= 0.6 is 0 Å². The van der Waals surface area contributed by atoms with E-state index in [1.165, 1.54) is 0 Å². The lowest BCUT2D eigenvalue weighted by atomic mass is 10.1. The zero-order chi connectivity index (χ0) is 14.4. The molecule has 2 rings (SSSR count). The summed E-state index contributed by atoms with van der Waals surface area (Å²) >= 11 is 0. The predicted octanol–water partition coefficient (Wildman–Crippen LogP) is 2.56. The Kier molecular flexibility index (Phi) is 4.85. The van der Waals surface area contributed by atoms with E-state index in [-0.39, 0.29) is 0 Å². The third kappa shape index (κ3) is 3.42. The first kappa shape index (κ1) is 14.2. The summed E-state index contributed by atoms with van der Waals surface area (Å²) in [7, 11) is 0.